The smallest absolute Gasteiger partial charge is 0.324 e. The van der Waals surface area contributed by atoms with Crippen molar-refractivity contribution in [3.8, 4) is 16.9 Å². The van der Waals surface area contributed by atoms with Crippen LogP contribution in [-0.4, -0.2) is 101 Å². The molecule has 0 radical (unpaired) electrons. The average Bonchev–Trinajstić information content (AvgIpc) is 3.65. The number of phenolic OH excluding ortho intramolecular Hbond substituents is 1. The van der Waals surface area contributed by atoms with Crippen molar-refractivity contribution in [2.75, 3.05) is 27.3 Å². The van der Waals surface area contributed by atoms with Crippen LogP contribution in [0.1, 0.15) is 77.6 Å². The van der Waals surface area contributed by atoms with Crippen LogP contribution in [0.2, 0.25) is 0 Å². The molecule has 0 aliphatic carbocycles. The Morgan fingerprint density at radius 3 is 2.59 bits per heavy atom. The Morgan fingerprint density at radius 1 is 1.17 bits per heavy atom. The summed E-state index contributed by atoms with van der Waals surface area (Å²) in [4.78, 5) is 60.8. The molecule has 3 aliphatic rings. The molecule has 3 aromatic rings. The van der Waals surface area contributed by atoms with Crippen LogP contribution < -0.4 is 10.7 Å². The molecule has 2 fully saturated rings. The van der Waals surface area contributed by atoms with E-state index in [9.17, 15) is 24.3 Å². The van der Waals surface area contributed by atoms with Gasteiger partial charge in [-0.1, -0.05) is 38.6 Å². The van der Waals surface area contributed by atoms with Crippen molar-refractivity contribution >= 4 is 46.4 Å². The third-order valence-electron chi connectivity index (χ3n) is 11.9. The SMILES string of the molecule is C=C/C(=C(\N=CC)[C@H](C)OC)c1c2c3cc(ccc3n1CC)-c1cc(O)cc(c1)C[C@H](NC(=O)[C@H]1CC(=O)N(C)[C@@H]1C)C(=O)N1CCC[C@H](N1)C(=O)OCC(C)(C)C2. The number of hydrogen-bond donors (Lipinski definition) is 3. The number of carbonyl (C=O) groups is 4. The fourth-order valence-corrected chi connectivity index (χ4v) is 8.57. The molecule has 3 aliphatic heterocycles. The zero-order chi connectivity index (χ0) is 42.1. The number of aromatic hydroxyl groups is 1. The van der Waals surface area contributed by atoms with Gasteiger partial charge in [-0.25, -0.2) is 5.43 Å². The van der Waals surface area contributed by atoms with E-state index in [0.29, 0.717) is 37.9 Å². The van der Waals surface area contributed by atoms with E-state index >= 15 is 0 Å². The number of allylic oxidation sites excluding steroid dienone is 2. The molecule has 5 atom stereocenters. The number of cyclic esters (lactones) is 1. The maximum atomic E-state index is 14.4. The van der Waals surface area contributed by atoms with E-state index in [4.69, 9.17) is 14.5 Å². The van der Waals surface area contributed by atoms with Crippen LogP contribution >= 0.6 is 0 Å². The van der Waals surface area contributed by atoms with Gasteiger partial charge in [0.2, 0.25) is 11.8 Å². The third-order valence-corrected chi connectivity index (χ3v) is 11.9. The fourth-order valence-electron chi connectivity index (χ4n) is 8.57. The van der Waals surface area contributed by atoms with Crippen molar-refractivity contribution in [3.05, 3.63) is 71.6 Å². The van der Waals surface area contributed by atoms with Crippen molar-refractivity contribution < 1.29 is 33.8 Å². The van der Waals surface area contributed by atoms with Gasteiger partial charge in [-0.05, 0) is 93.5 Å². The highest BCUT2D eigenvalue weighted by molar-refractivity contribution is 5.96. The Bertz CT molecular complexity index is 2170. The van der Waals surface area contributed by atoms with Crippen LogP contribution in [0.25, 0.3) is 27.6 Å². The van der Waals surface area contributed by atoms with Gasteiger partial charge >= 0.3 is 5.97 Å². The third kappa shape index (κ3) is 8.47. The summed E-state index contributed by atoms with van der Waals surface area (Å²) in [5.74, 6) is -2.07. The lowest BCUT2D eigenvalue weighted by atomic mass is 9.84. The lowest BCUT2D eigenvalue weighted by molar-refractivity contribution is -0.155. The number of methoxy groups -OCH3 is 1. The Balaban J connectivity index is 1.54. The van der Waals surface area contributed by atoms with E-state index in [-0.39, 0.29) is 43.3 Å². The molecule has 2 aromatic carbocycles. The minimum Gasteiger partial charge on any atom is -0.508 e. The van der Waals surface area contributed by atoms with Gasteiger partial charge < -0.3 is 29.4 Å². The maximum Gasteiger partial charge on any atom is 0.324 e. The Labute approximate surface area is 341 Å². The first-order valence-electron chi connectivity index (χ1n) is 20.3. The number of hydrogen-bond acceptors (Lipinski definition) is 9. The largest absolute Gasteiger partial charge is 0.508 e. The summed E-state index contributed by atoms with van der Waals surface area (Å²) in [7, 11) is 3.32. The number of carbonyl (C=O) groups excluding carboxylic acids is 4. The van der Waals surface area contributed by atoms with E-state index in [0.717, 1.165) is 44.6 Å². The molecule has 0 unspecified atom stereocenters. The molecule has 1 aromatic heterocycles. The van der Waals surface area contributed by atoms with Gasteiger partial charge in [0.25, 0.3) is 5.91 Å². The number of phenols is 1. The van der Waals surface area contributed by atoms with Crippen LogP contribution in [0.4, 0.5) is 0 Å². The summed E-state index contributed by atoms with van der Waals surface area (Å²) in [6, 6.07) is 9.24. The minimum absolute atomic E-state index is 0.00995. The zero-order valence-electron chi connectivity index (χ0n) is 35.1. The number of aryl methyl sites for hydroxylation is 1. The number of likely N-dealkylation sites (tertiary alicyclic amines) is 1. The number of aromatic nitrogens is 1. The molecule has 6 bridgehead atoms. The molecule has 310 valence electrons. The number of rotatable bonds is 8. The molecule has 0 saturated carbocycles. The Hall–Kier alpha value is -5.27. The number of ether oxygens (including phenoxy) is 2. The molecule has 58 heavy (non-hydrogen) atoms. The molecule has 13 heteroatoms. The number of aliphatic imine (C=N–C) groups is 1. The summed E-state index contributed by atoms with van der Waals surface area (Å²) in [6.07, 6.45) is 4.88. The lowest BCUT2D eigenvalue weighted by Crippen LogP contribution is -2.61. The topological polar surface area (TPSA) is 155 Å². The first-order chi connectivity index (χ1) is 27.6. The van der Waals surface area contributed by atoms with Crippen LogP contribution in [0.15, 0.2) is 59.7 Å². The highest BCUT2D eigenvalue weighted by atomic mass is 16.5. The van der Waals surface area contributed by atoms with Crippen molar-refractivity contribution in [2.45, 2.75) is 104 Å². The van der Waals surface area contributed by atoms with Gasteiger partial charge in [-0.15, -0.1) is 0 Å². The van der Waals surface area contributed by atoms with E-state index in [1.165, 1.54) is 5.01 Å². The highest BCUT2D eigenvalue weighted by Crippen LogP contribution is 2.40. The van der Waals surface area contributed by atoms with Crippen LogP contribution in [0, 0.1) is 11.3 Å². The van der Waals surface area contributed by atoms with Gasteiger partial charge in [0.05, 0.1) is 30.0 Å². The number of fused-ring (bicyclic) bond motifs is 6. The molecule has 3 amide bonds. The van der Waals surface area contributed by atoms with Crippen molar-refractivity contribution in [3.63, 3.8) is 0 Å². The van der Waals surface area contributed by atoms with Crippen LogP contribution in [0.3, 0.4) is 0 Å². The number of benzene rings is 2. The number of amides is 3. The molecule has 4 heterocycles. The quantitative estimate of drug-likeness (QED) is 0.152. The van der Waals surface area contributed by atoms with E-state index in [2.05, 4.69) is 54.8 Å². The van der Waals surface area contributed by atoms with Gasteiger partial charge in [-0.3, -0.25) is 29.2 Å². The van der Waals surface area contributed by atoms with Crippen molar-refractivity contribution in [2.24, 2.45) is 16.3 Å². The molecule has 13 nitrogen and oxygen atoms in total. The first kappa shape index (κ1) is 42.3. The normalized spacial score (nSPS) is 23.8. The Kier molecular flexibility index (Phi) is 12.6. The Morgan fingerprint density at radius 2 is 1.93 bits per heavy atom. The fraction of sp³-hybridized carbons (Fsp3) is 0.489. The van der Waals surface area contributed by atoms with Gasteiger partial charge in [0.15, 0.2) is 0 Å². The lowest BCUT2D eigenvalue weighted by Gasteiger charge is -2.36. The second-order valence-electron chi connectivity index (χ2n) is 16.5. The summed E-state index contributed by atoms with van der Waals surface area (Å²) in [5.41, 5.74) is 9.30. The molecule has 2 saturated heterocycles. The first-order valence-corrected chi connectivity index (χ1v) is 20.3. The second kappa shape index (κ2) is 17.3. The molecular formula is C45H58N6O7. The van der Waals surface area contributed by atoms with E-state index in [1.54, 1.807) is 37.4 Å². The van der Waals surface area contributed by atoms with E-state index < -0.39 is 41.2 Å². The average molecular weight is 795 g/mol. The summed E-state index contributed by atoms with van der Waals surface area (Å²) in [6.45, 7) is 17.2. The molecule has 0 spiro atoms. The van der Waals surface area contributed by atoms with Crippen molar-refractivity contribution in [1.82, 2.24) is 25.2 Å². The highest BCUT2D eigenvalue weighted by Gasteiger charge is 2.41. The summed E-state index contributed by atoms with van der Waals surface area (Å²) < 4.78 is 14.1. The molecule has 6 rings (SSSR count). The number of esters is 1. The van der Waals surface area contributed by atoms with E-state index in [1.807, 2.05) is 39.0 Å². The summed E-state index contributed by atoms with van der Waals surface area (Å²) >= 11 is 0. The summed E-state index contributed by atoms with van der Waals surface area (Å²) in [5, 5.41) is 16.5. The molecular weight excluding hydrogens is 737 g/mol. The van der Waals surface area contributed by atoms with Gasteiger partial charge in [0.1, 0.15) is 17.8 Å². The number of hydrazine groups is 1. The standard InChI is InChI=1S/C45H58N6O7/c1-10-32(40(46-11-2)27(5)57-9)41-35-24-45(6,7)25-58-44(56)36-14-13-17-51(48-36)43(55)37(47-42(54)33-23-39(53)49(8)26(33)4)20-28-18-30(21-31(52)19-28)29-15-16-38(34(35)22-29)50(41)12-3/h10-11,15-16,18-19,21-22,26-27,33,36-37,48,52H,1,12-14,17,20,23-25H2,2-9H3,(H,47,54)/b40-32+,46-11?/t26-,27+,33+,36+,37+/m1/s1. The second-order valence-corrected chi connectivity index (χ2v) is 16.5. The van der Waals surface area contributed by atoms with Crippen molar-refractivity contribution in [1.29, 1.82) is 0 Å². The number of nitrogens with zero attached hydrogens (tertiary/aromatic N) is 4. The molecule has 3 N–H and O–H groups in total. The van der Waals surface area contributed by atoms with Crippen LogP contribution in [-0.2, 0) is 48.0 Å². The zero-order valence-corrected chi connectivity index (χ0v) is 35.1. The predicted octanol–water partition coefficient (Wildman–Crippen LogP) is 5.57. The van der Waals surface area contributed by atoms with Crippen LogP contribution in [0.5, 0.6) is 5.75 Å². The minimum atomic E-state index is -1.07. The van der Waals surface area contributed by atoms with Gasteiger partial charge in [0, 0.05) is 74.2 Å². The monoisotopic (exact) mass is 794 g/mol. The number of nitrogens with one attached hydrogen (secondary N) is 2. The predicted molar refractivity (Wildman–Crippen MR) is 225 cm³/mol. The maximum absolute atomic E-state index is 14.4. The van der Waals surface area contributed by atoms with Gasteiger partial charge in [-0.2, -0.15) is 0 Å².